The molecule has 3 N–H and O–H groups in total. The van der Waals surface area contributed by atoms with E-state index in [4.69, 9.17) is 29.0 Å². The molecule has 0 saturated heterocycles. The van der Waals surface area contributed by atoms with Crippen molar-refractivity contribution in [2.75, 3.05) is 5.43 Å². The number of nitrogen functional groups attached to an aromatic ring is 1. The van der Waals surface area contributed by atoms with Gasteiger partial charge in [-0.2, -0.15) is 9.78 Å². The number of anilines is 1. The maximum Gasteiger partial charge on any atom is 0.292 e. The summed E-state index contributed by atoms with van der Waals surface area (Å²) in [5, 5.41) is 4.42. The van der Waals surface area contributed by atoms with E-state index in [1.807, 2.05) is 0 Å². The van der Waals surface area contributed by atoms with E-state index in [1.165, 1.54) is 6.20 Å². The van der Waals surface area contributed by atoms with Crippen LogP contribution in [0.15, 0.2) is 35.3 Å². The van der Waals surface area contributed by atoms with Crippen LogP contribution >= 0.6 is 23.2 Å². The Balaban J connectivity index is 2.62. The molecule has 2 rings (SSSR count). The van der Waals surface area contributed by atoms with Crippen molar-refractivity contribution in [3.05, 3.63) is 50.9 Å². The Morgan fingerprint density at radius 3 is 2.76 bits per heavy atom. The van der Waals surface area contributed by atoms with Crippen molar-refractivity contribution in [1.29, 1.82) is 0 Å². The SMILES string of the molecule is NNc1cnn(-c2cccc(Cl)c2)c(=O)c1Cl. The van der Waals surface area contributed by atoms with Crippen LogP contribution in [0.2, 0.25) is 10.0 Å². The van der Waals surface area contributed by atoms with Gasteiger partial charge < -0.3 is 5.43 Å². The smallest absolute Gasteiger partial charge is 0.292 e. The molecule has 0 saturated carbocycles. The van der Waals surface area contributed by atoms with Gasteiger partial charge in [-0.15, -0.1) is 0 Å². The van der Waals surface area contributed by atoms with Gasteiger partial charge >= 0.3 is 0 Å². The van der Waals surface area contributed by atoms with Gasteiger partial charge in [-0.05, 0) is 18.2 Å². The molecular weight excluding hydrogens is 263 g/mol. The summed E-state index contributed by atoms with van der Waals surface area (Å²) in [5.41, 5.74) is 2.63. The molecule has 0 amide bonds. The molecule has 0 fully saturated rings. The Kier molecular flexibility index (Phi) is 3.33. The lowest BCUT2D eigenvalue weighted by Crippen LogP contribution is -2.23. The monoisotopic (exact) mass is 270 g/mol. The summed E-state index contributed by atoms with van der Waals surface area (Å²) in [6.07, 6.45) is 1.37. The van der Waals surface area contributed by atoms with E-state index in [-0.39, 0.29) is 10.7 Å². The number of hydrogen-bond donors (Lipinski definition) is 2. The van der Waals surface area contributed by atoms with Crippen molar-refractivity contribution in [2.45, 2.75) is 0 Å². The lowest BCUT2D eigenvalue weighted by Gasteiger charge is -2.07. The Labute approximate surface area is 107 Å². The van der Waals surface area contributed by atoms with Gasteiger partial charge in [0.2, 0.25) is 0 Å². The Bertz CT molecular complexity index is 611. The van der Waals surface area contributed by atoms with Gasteiger partial charge in [0.25, 0.3) is 5.56 Å². The zero-order valence-electron chi connectivity index (χ0n) is 8.52. The van der Waals surface area contributed by atoms with Crippen LogP contribution in [0.4, 0.5) is 5.69 Å². The van der Waals surface area contributed by atoms with E-state index in [0.717, 1.165) is 4.68 Å². The van der Waals surface area contributed by atoms with Crippen LogP contribution in [0.5, 0.6) is 0 Å². The number of hydrazine groups is 1. The highest BCUT2D eigenvalue weighted by atomic mass is 35.5. The predicted molar refractivity (Wildman–Crippen MR) is 67.7 cm³/mol. The molecule has 7 heteroatoms. The van der Waals surface area contributed by atoms with E-state index < -0.39 is 5.56 Å². The summed E-state index contributed by atoms with van der Waals surface area (Å²) in [4.78, 5) is 11.9. The summed E-state index contributed by atoms with van der Waals surface area (Å²) in [7, 11) is 0. The Morgan fingerprint density at radius 2 is 2.12 bits per heavy atom. The topological polar surface area (TPSA) is 72.9 Å². The summed E-state index contributed by atoms with van der Waals surface area (Å²) in [6.45, 7) is 0. The first-order valence-corrected chi connectivity index (χ1v) is 5.39. The number of halogens is 2. The number of benzene rings is 1. The number of aromatic nitrogens is 2. The third kappa shape index (κ3) is 2.26. The average Bonchev–Trinajstić information content (AvgIpc) is 2.32. The van der Waals surface area contributed by atoms with Gasteiger partial charge in [-0.1, -0.05) is 29.3 Å². The largest absolute Gasteiger partial charge is 0.321 e. The molecule has 0 aliphatic rings. The van der Waals surface area contributed by atoms with Crippen LogP contribution < -0.4 is 16.8 Å². The van der Waals surface area contributed by atoms with Crippen LogP contribution in [-0.2, 0) is 0 Å². The molecule has 1 heterocycles. The van der Waals surface area contributed by atoms with Crippen molar-refractivity contribution < 1.29 is 0 Å². The molecule has 88 valence electrons. The van der Waals surface area contributed by atoms with E-state index in [1.54, 1.807) is 24.3 Å². The van der Waals surface area contributed by atoms with Crippen LogP contribution in [0.25, 0.3) is 5.69 Å². The number of hydrogen-bond acceptors (Lipinski definition) is 4. The van der Waals surface area contributed by atoms with Crippen LogP contribution in [0.3, 0.4) is 0 Å². The van der Waals surface area contributed by atoms with Crippen molar-refractivity contribution in [2.24, 2.45) is 5.84 Å². The highest BCUT2D eigenvalue weighted by molar-refractivity contribution is 6.33. The quantitative estimate of drug-likeness (QED) is 0.645. The van der Waals surface area contributed by atoms with Crippen molar-refractivity contribution in [1.82, 2.24) is 9.78 Å². The van der Waals surface area contributed by atoms with Gasteiger partial charge in [0.1, 0.15) is 5.02 Å². The third-order valence-corrected chi connectivity index (χ3v) is 2.73. The number of nitrogens with zero attached hydrogens (tertiary/aromatic N) is 2. The minimum atomic E-state index is -0.468. The van der Waals surface area contributed by atoms with E-state index >= 15 is 0 Å². The number of nitrogens with one attached hydrogen (secondary N) is 1. The maximum absolute atomic E-state index is 11.9. The summed E-state index contributed by atoms with van der Waals surface area (Å²) < 4.78 is 1.15. The second kappa shape index (κ2) is 4.75. The first-order chi connectivity index (χ1) is 8.13. The predicted octanol–water partition coefficient (Wildman–Crippen LogP) is 1.82. The fourth-order valence-corrected chi connectivity index (χ4v) is 1.69. The minimum absolute atomic E-state index is 0.0255. The zero-order valence-corrected chi connectivity index (χ0v) is 10.0. The number of rotatable bonds is 2. The lowest BCUT2D eigenvalue weighted by atomic mass is 10.3. The second-order valence-corrected chi connectivity index (χ2v) is 4.03. The van der Waals surface area contributed by atoms with Crippen molar-refractivity contribution in [3.8, 4) is 5.69 Å². The fourth-order valence-electron chi connectivity index (χ4n) is 1.33. The summed E-state index contributed by atoms with van der Waals surface area (Å²) in [5.74, 6) is 5.19. The number of nitrogens with two attached hydrogens (primary N) is 1. The molecule has 2 aromatic rings. The van der Waals surface area contributed by atoms with Gasteiger partial charge in [-0.25, -0.2) is 0 Å². The highest BCUT2D eigenvalue weighted by Crippen LogP contribution is 2.16. The maximum atomic E-state index is 11.9. The molecule has 1 aromatic carbocycles. The van der Waals surface area contributed by atoms with Gasteiger partial charge in [0.15, 0.2) is 0 Å². The first kappa shape index (κ1) is 11.9. The molecule has 0 unspecified atom stereocenters. The Hall–Kier alpha value is -1.56. The Morgan fingerprint density at radius 1 is 1.35 bits per heavy atom. The molecule has 17 heavy (non-hydrogen) atoms. The normalized spacial score (nSPS) is 10.3. The van der Waals surface area contributed by atoms with Crippen LogP contribution in [-0.4, -0.2) is 9.78 Å². The molecule has 0 aliphatic carbocycles. The molecular formula is C10H8Cl2N4O. The van der Waals surface area contributed by atoms with Gasteiger partial charge in [-0.3, -0.25) is 10.6 Å². The van der Waals surface area contributed by atoms with Crippen molar-refractivity contribution in [3.63, 3.8) is 0 Å². The highest BCUT2D eigenvalue weighted by Gasteiger charge is 2.09. The van der Waals surface area contributed by atoms with Crippen molar-refractivity contribution >= 4 is 28.9 Å². The van der Waals surface area contributed by atoms with Crippen LogP contribution in [0.1, 0.15) is 0 Å². The summed E-state index contributed by atoms with van der Waals surface area (Å²) >= 11 is 11.7. The minimum Gasteiger partial charge on any atom is -0.321 e. The van der Waals surface area contributed by atoms with Gasteiger partial charge in [0, 0.05) is 5.02 Å². The third-order valence-electron chi connectivity index (χ3n) is 2.13. The van der Waals surface area contributed by atoms with E-state index in [0.29, 0.717) is 10.7 Å². The molecule has 0 bridgehead atoms. The molecule has 1 aromatic heterocycles. The van der Waals surface area contributed by atoms with Crippen LogP contribution in [0, 0.1) is 0 Å². The average molecular weight is 271 g/mol. The fraction of sp³-hybridized carbons (Fsp3) is 0. The molecule has 5 nitrogen and oxygen atoms in total. The molecule has 0 atom stereocenters. The molecule has 0 aliphatic heterocycles. The van der Waals surface area contributed by atoms with E-state index in [2.05, 4.69) is 10.5 Å². The molecule has 0 radical (unpaired) electrons. The first-order valence-electron chi connectivity index (χ1n) is 4.64. The van der Waals surface area contributed by atoms with Gasteiger partial charge in [0.05, 0.1) is 17.6 Å². The van der Waals surface area contributed by atoms with E-state index in [9.17, 15) is 4.79 Å². The second-order valence-electron chi connectivity index (χ2n) is 3.21. The standard InChI is InChI=1S/C10H8Cl2N4O/c11-6-2-1-3-7(4-6)16-10(17)9(12)8(15-13)5-14-16/h1-5,15H,13H2. The lowest BCUT2D eigenvalue weighted by molar-refractivity contribution is 0.808. The molecule has 0 spiro atoms. The summed E-state index contributed by atoms with van der Waals surface area (Å²) in [6, 6.07) is 6.73. The zero-order chi connectivity index (χ0) is 12.4.